The fraction of sp³-hybridized carbons (Fsp3) is 0.667. The highest BCUT2D eigenvalue weighted by Crippen LogP contribution is 2.28. The van der Waals surface area contributed by atoms with Crippen molar-refractivity contribution in [1.82, 2.24) is 10.2 Å². The quantitative estimate of drug-likeness (QED) is 0.717. The van der Waals surface area contributed by atoms with Gasteiger partial charge in [0.1, 0.15) is 0 Å². The molecule has 0 amide bonds. The summed E-state index contributed by atoms with van der Waals surface area (Å²) in [4.78, 5) is 2.56. The maximum atomic E-state index is 8.62. The van der Waals surface area contributed by atoms with Gasteiger partial charge in [-0.3, -0.25) is 4.90 Å². The van der Waals surface area contributed by atoms with Gasteiger partial charge in [0.15, 0.2) is 11.5 Å². The number of methoxy groups -OCH3 is 1. The van der Waals surface area contributed by atoms with E-state index >= 15 is 0 Å². The van der Waals surface area contributed by atoms with Crippen LogP contribution in [-0.2, 0) is 6.54 Å². The summed E-state index contributed by atoms with van der Waals surface area (Å²) in [5.74, 6) is 1.50. The molecule has 1 aliphatic heterocycles. The summed E-state index contributed by atoms with van der Waals surface area (Å²) in [6, 6.07) is 8.79. The number of hydrogen-bond donors (Lipinski definition) is 1. The Morgan fingerprint density at radius 2 is 1.96 bits per heavy atom. The zero-order valence-corrected chi connectivity index (χ0v) is 16.7. The van der Waals surface area contributed by atoms with Crippen molar-refractivity contribution in [3.8, 4) is 17.6 Å². The van der Waals surface area contributed by atoms with Gasteiger partial charge in [0.2, 0.25) is 0 Å². The monoisotopic (exact) mass is 359 g/mol. The number of benzene rings is 1. The number of rotatable bonds is 8. The molecule has 0 aromatic heterocycles. The highest BCUT2D eigenvalue weighted by atomic mass is 16.5. The van der Waals surface area contributed by atoms with E-state index in [0.717, 1.165) is 37.6 Å². The minimum atomic E-state index is 0.263. The Morgan fingerprint density at radius 3 is 2.58 bits per heavy atom. The standard InChI is InChI=1S/C21H33N3O2/c1-21(2,3)24-12-9-18(10-13-24)23-16-17-7-8-19(25-4)20(15-17)26-14-6-5-11-22/h7-8,15,18,23H,5-6,9-10,12-14,16H2,1-4H3. The van der Waals surface area contributed by atoms with E-state index in [-0.39, 0.29) is 5.54 Å². The molecule has 0 bridgehead atoms. The molecule has 144 valence electrons. The van der Waals surface area contributed by atoms with Gasteiger partial charge in [0.25, 0.3) is 0 Å². The van der Waals surface area contributed by atoms with Crippen molar-refractivity contribution in [3.05, 3.63) is 23.8 Å². The first kappa shape index (κ1) is 20.5. The third kappa shape index (κ3) is 6.19. The largest absolute Gasteiger partial charge is 0.493 e. The minimum absolute atomic E-state index is 0.263. The molecule has 0 spiro atoms. The average molecular weight is 360 g/mol. The molecule has 1 fully saturated rings. The summed E-state index contributed by atoms with van der Waals surface area (Å²) in [5.41, 5.74) is 1.46. The van der Waals surface area contributed by atoms with Crippen molar-refractivity contribution in [2.45, 2.75) is 64.6 Å². The molecule has 1 heterocycles. The molecule has 0 radical (unpaired) electrons. The fourth-order valence-corrected chi connectivity index (χ4v) is 3.29. The lowest BCUT2D eigenvalue weighted by molar-refractivity contribution is 0.0960. The third-order valence-electron chi connectivity index (χ3n) is 4.96. The molecular weight excluding hydrogens is 326 g/mol. The molecule has 0 saturated carbocycles. The lowest BCUT2D eigenvalue weighted by Gasteiger charge is -2.41. The second-order valence-corrected chi connectivity index (χ2v) is 7.91. The molecule has 0 unspecified atom stereocenters. The van der Waals surface area contributed by atoms with Crippen molar-refractivity contribution in [2.75, 3.05) is 26.8 Å². The molecule has 1 aromatic carbocycles. The molecule has 1 aliphatic rings. The van der Waals surface area contributed by atoms with Crippen LogP contribution in [0.3, 0.4) is 0 Å². The molecule has 5 nitrogen and oxygen atoms in total. The van der Waals surface area contributed by atoms with Crippen molar-refractivity contribution < 1.29 is 9.47 Å². The summed E-state index contributed by atoms with van der Waals surface area (Å²) in [6.07, 6.45) is 3.61. The SMILES string of the molecule is COc1ccc(CNC2CCN(C(C)(C)C)CC2)cc1OCCCC#N. The van der Waals surface area contributed by atoms with Gasteiger partial charge >= 0.3 is 0 Å². The number of likely N-dealkylation sites (tertiary alicyclic amines) is 1. The zero-order valence-electron chi connectivity index (χ0n) is 16.7. The van der Waals surface area contributed by atoms with Crippen LogP contribution in [0.4, 0.5) is 0 Å². The van der Waals surface area contributed by atoms with Crippen molar-refractivity contribution in [3.63, 3.8) is 0 Å². The molecule has 0 aliphatic carbocycles. The summed E-state index contributed by atoms with van der Waals surface area (Å²) in [5, 5.41) is 12.3. The first-order valence-electron chi connectivity index (χ1n) is 9.59. The van der Waals surface area contributed by atoms with Gasteiger partial charge < -0.3 is 14.8 Å². The van der Waals surface area contributed by atoms with Crippen LogP contribution in [0.2, 0.25) is 0 Å². The van der Waals surface area contributed by atoms with Crippen molar-refractivity contribution in [2.24, 2.45) is 0 Å². The Morgan fingerprint density at radius 1 is 1.23 bits per heavy atom. The molecule has 1 N–H and O–H groups in total. The summed E-state index contributed by atoms with van der Waals surface area (Å²) >= 11 is 0. The van der Waals surface area contributed by atoms with E-state index in [1.807, 2.05) is 12.1 Å². The number of unbranched alkanes of at least 4 members (excludes halogenated alkanes) is 1. The highest BCUT2D eigenvalue weighted by Gasteiger charge is 2.26. The number of ether oxygens (including phenoxy) is 2. The predicted octanol–water partition coefficient (Wildman–Crippen LogP) is 3.73. The number of hydrogen-bond acceptors (Lipinski definition) is 5. The van der Waals surface area contributed by atoms with Crippen LogP contribution < -0.4 is 14.8 Å². The number of piperidine rings is 1. The van der Waals surface area contributed by atoms with Gasteiger partial charge in [-0.05, 0) is 57.7 Å². The van der Waals surface area contributed by atoms with E-state index in [2.05, 4.69) is 43.1 Å². The molecule has 0 atom stereocenters. The average Bonchev–Trinajstić information content (AvgIpc) is 2.63. The number of nitrogens with one attached hydrogen (secondary N) is 1. The summed E-state index contributed by atoms with van der Waals surface area (Å²) in [6.45, 7) is 10.5. The lowest BCUT2D eigenvalue weighted by atomic mass is 9.98. The van der Waals surface area contributed by atoms with Crippen LogP contribution >= 0.6 is 0 Å². The molecule has 26 heavy (non-hydrogen) atoms. The van der Waals surface area contributed by atoms with Crippen molar-refractivity contribution >= 4 is 0 Å². The van der Waals surface area contributed by atoms with E-state index in [1.54, 1.807) is 7.11 Å². The first-order valence-corrected chi connectivity index (χ1v) is 9.59. The predicted molar refractivity (Wildman–Crippen MR) is 105 cm³/mol. The summed E-state index contributed by atoms with van der Waals surface area (Å²) in [7, 11) is 1.65. The smallest absolute Gasteiger partial charge is 0.161 e. The Bertz CT molecular complexity index is 596. The highest BCUT2D eigenvalue weighted by molar-refractivity contribution is 5.43. The van der Waals surface area contributed by atoms with Crippen LogP contribution in [0.1, 0.15) is 52.0 Å². The van der Waals surface area contributed by atoms with Crippen LogP contribution in [0.5, 0.6) is 11.5 Å². The van der Waals surface area contributed by atoms with Crippen LogP contribution in [0.25, 0.3) is 0 Å². The van der Waals surface area contributed by atoms with E-state index in [0.29, 0.717) is 19.1 Å². The van der Waals surface area contributed by atoms with Gasteiger partial charge in [-0.2, -0.15) is 5.26 Å². The normalized spacial score (nSPS) is 16.3. The molecule has 2 rings (SSSR count). The molecule has 5 heteroatoms. The molecule has 1 saturated heterocycles. The van der Waals surface area contributed by atoms with Gasteiger partial charge in [-0.1, -0.05) is 6.07 Å². The van der Waals surface area contributed by atoms with Gasteiger partial charge in [0, 0.05) is 37.6 Å². The Balaban J connectivity index is 1.85. The van der Waals surface area contributed by atoms with E-state index in [4.69, 9.17) is 14.7 Å². The van der Waals surface area contributed by atoms with E-state index in [9.17, 15) is 0 Å². The van der Waals surface area contributed by atoms with Crippen LogP contribution in [0, 0.1) is 11.3 Å². The Kier molecular flexibility index (Phi) is 7.74. The maximum absolute atomic E-state index is 8.62. The van der Waals surface area contributed by atoms with Crippen molar-refractivity contribution in [1.29, 1.82) is 5.26 Å². The number of nitrogens with zero attached hydrogens (tertiary/aromatic N) is 2. The fourth-order valence-electron chi connectivity index (χ4n) is 3.29. The van der Waals surface area contributed by atoms with Crippen LogP contribution in [-0.4, -0.2) is 43.3 Å². The first-order chi connectivity index (χ1) is 12.4. The Hall–Kier alpha value is -1.77. The van der Waals surface area contributed by atoms with E-state index in [1.165, 1.54) is 18.4 Å². The summed E-state index contributed by atoms with van der Waals surface area (Å²) < 4.78 is 11.2. The van der Waals surface area contributed by atoms with Gasteiger partial charge in [0.05, 0.1) is 19.8 Å². The van der Waals surface area contributed by atoms with Gasteiger partial charge in [-0.15, -0.1) is 0 Å². The van der Waals surface area contributed by atoms with Gasteiger partial charge in [-0.25, -0.2) is 0 Å². The second kappa shape index (κ2) is 9.80. The molecule has 1 aromatic rings. The molecular formula is C21H33N3O2. The lowest BCUT2D eigenvalue weighted by Crippen LogP contribution is -2.49. The number of nitriles is 1. The zero-order chi connectivity index (χ0) is 19.0. The minimum Gasteiger partial charge on any atom is -0.493 e. The maximum Gasteiger partial charge on any atom is 0.161 e. The second-order valence-electron chi connectivity index (χ2n) is 7.91. The van der Waals surface area contributed by atoms with Crippen LogP contribution in [0.15, 0.2) is 18.2 Å². The van der Waals surface area contributed by atoms with E-state index < -0.39 is 0 Å². The topological polar surface area (TPSA) is 57.5 Å². The Labute approximate surface area is 158 Å². The third-order valence-corrected chi connectivity index (χ3v) is 4.96.